The molecular formula is C20H22ClN5O4. The molecule has 0 N–H and O–H groups in total. The van der Waals surface area contributed by atoms with E-state index in [9.17, 15) is 14.4 Å². The highest BCUT2D eigenvalue weighted by molar-refractivity contribution is 6.34. The molecule has 0 radical (unpaired) electrons. The van der Waals surface area contributed by atoms with Crippen LogP contribution >= 0.6 is 11.6 Å². The predicted octanol–water partition coefficient (Wildman–Crippen LogP) is 2.23. The van der Waals surface area contributed by atoms with Crippen LogP contribution in [-0.4, -0.2) is 71.0 Å². The molecule has 1 fully saturated rings. The maximum Gasteiger partial charge on any atom is 0.328 e. The number of halogens is 1. The monoisotopic (exact) mass is 431 g/mol. The Morgan fingerprint density at radius 1 is 1.20 bits per heavy atom. The summed E-state index contributed by atoms with van der Waals surface area (Å²) in [6.45, 7) is 5.22. The Hall–Kier alpha value is -3.07. The van der Waals surface area contributed by atoms with Crippen LogP contribution < -0.4 is 4.90 Å². The van der Waals surface area contributed by atoms with Gasteiger partial charge in [0.1, 0.15) is 6.54 Å². The summed E-state index contributed by atoms with van der Waals surface area (Å²) in [7, 11) is 1.57. The average molecular weight is 432 g/mol. The first-order valence-corrected chi connectivity index (χ1v) is 9.98. The van der Waals surface area contributed by atoms with Crippen LogP contribution in [0.4, 0.5) is 10.5 Å². The van der Waals surface area contributed by atoms with E-state index in [4.69, 9.17) is 21.3 Å². The highest BCUT2D eigenvalue weighted by Gasteiger charge is 2.56. The Morgan fingerprint density at radius 2 is 1.90 bits per heavy atom. The molecular weight excluding hydrogens is 410 g/mol. The Bertz CT molecular complexity index is 1010. The molecule has 0 aliphatic carbocycles. The van der Waals surface area contributed by atoms with Gasteiger partial charge in [0.15, 0.2) is 12.2 Å². The summed E-state index contributed by atoms with van der Waals surface area (Å²) in [5.74, 6) is -0.588. The minimum atomic E-state index is -0.764. The lowest BCUT2D eigenvalue weighted by atomic mass is 10.1. The molecule has 10 heteroatoms. The maximum atomic E-state index is 13.3. The van der Waals surface area contributed by atoms with Crippen LogP contribution in [-0.2, 0) is 14.3 Å². The Labute approximate surface area is 179 Å². The number of anilines is 1. The number of amides is 3. The van der Waals surface area contributed by atoms with Crippen molar-refractivity contribution < 1.29 is 19.1 Å². The first-order valence-electron chi connectivity index (χ1n) is 9.60. The molecule has 158 valence electrons. The first kappa shape index (κ1) is 20.2. The van der Waals surface area contributed by atoms with Crippen molar-refractivity contribution in [3.8, 4) is 0 Å². The van der Waals surface area contributed by atoms with Gasteiger partial charge in [0, 0.05) is 18.4 Å². The molecule has 3 aliphatic heterocycles. The molecule has 2 unspecified atom stereocenters. The van der Waals surface area contributed by atoms with E-state index in [2.05, 4.69) is 0 Å². The summed E-state index contributed by atoms with van der Waals surface area (Å²) in [6.07, 6.45) is -0.702. The molecule has 0 aromatic heterocycles. The van der Waals surface area contributed by atoms with Crippen molar-refractivity contribution >= 4 is 41.2 Å². The number of guanidine groups is 1. The summed E-state index contributed by atoms with van der Waals surface area (Å²) in [5, 5.41) is 0.545. The summed E-state index contributed by atoms with van der Waals surface area (Å²) < 4.78 is 4.92. The number of benzene rings is 1. The molecule has 3 amide bonds. The van der Waals surface area contributed by atoms with Gasteiger partial charge in [-0.1, -0.05) is 23.7 Å². The molecule has 1 aromatic rings. The van der Waals surface area contributed by atoms with E-state index < -0.39 is 36.7 Å². The van der Waals surface area contributed by atoms with Crippen molar-refractivity contribution in [2.45, 2.75) is 33.0 Å². The zero-order valence-electron chi connectivity index (χ0n) is 17.1. The van der Waals surface area contributed by atoms with Crippen molar-refractivity contribution in [3.63, 3.8) is 0 Å². The van der Waals surface area contributed by atoms with Crippen molar-refractivity contribution in [1.29, 1.82) is 0 Å². The van der Waals surface area contributed by atoms with Crippen molar-refractivity contribution in [2.24, 2.45) is 4.99 Å². The highest BCUT2D eigenvalue weighted by Crippen LogP contribution is 2.41. The number of aliphatic imine (C=N–C) groups is 1. The van der Waals surface area contributed by atoms with E-state index in [0.29, 0.717) is 11.0 Å². The lowest BCUT2D eigenvalue weighted by Crippen LogP contribution is -2.65. The summed E-state index contributed by atoms with van der Waals surface area (Å²) in [6, 6.07) is 6.02. The second-order valence-electron chi connectivity index (χ2n) is 7.24. The van der Waals surface area contributed by atoms with Gasteiger partial charge in [-0.15, -0.1) is 0 Å². The lowest BCUT2D eigenvalue weighted by Gasteiger charge is -2.40. The maximum absolute atomic E-state index is 13.3. The van der Waals surface area contributed by atoms with Gasteiger partial charge in [0.2, 0.25) is 5.96 Å². The molecule has 4 rings (SSSR count). The smallest absolute Gasteiger partial charge is 0.328 e. The van der Waals surface area contributed by atoms with E-state index >= 15 is 0 Å². The third-order valence-corrected chi connectivity index (χ3v) is 5.90. The number of hydrogen-bond acceptors (Lipinski definition) is 7. The number of rotatable bonds is 4. The molecule has 3 heterocycles. The number of likely N-dealkylation sites (N-methyl/N-ethyl adjacent to an activating group) is 1. The minimum absolute atomic E-state index is 0.171. The Balaban J connectivity index is 1.72. The fourth-order valence-electron chi connectivity index (χ4n) is 4.02. The van der Waals surface area contributed by atoms with E-state index in [1.807, 2.05) is 41.8 Å². The third-order valence-electron chi connectivity index (χ3n) is 5.58. The number of imide groups is 1. The number of hydrogen-bond donors (Lipinski definition) is 0. The fourth-order valence-corrected chi connectivity index (χ4v) is 4.24. The van der Waals surface area contributed by atoms with Crippen LogP contribution in [0.15, 0.2) is 40.7 Å². The van der Waals surface area contributed by atoms with Gasteiger partial charge in [-0.25, -0.2) is 9.79 Å². The second-order valence-corrected chi connectivity index (χ2v) is 7.65. The van der Waals surface area contributed by atoms with E-state index in [1.54, 1.807) is 20.0 Å². The van der Waals surface area contributed by atoms with Crippen LogP contribution in [0, 0.1) is 0 Å². The zero-order chi connectivity index (χ0) is 21.7. The zero-order valence-corrected chi connectivity index (χ0v) is 17.9. The van der Waals surface area contributed by atoms with Crippen LogP contribution in [0.5, 0.6) is 0 Å². The first-order chi connectivity index (χ1) is 14.3. The number of ether oxygens (including phenoxy) is 1. The summed E-state index contributed by atoms with van der Waals surface area (Å²) in [5.41, 5.74) is 2.44. The number of nitrogens with zero attached hydrogens (tertiary/aromatic N) is 5. The predicted molar refractivity (Wildman–Crippen MR) is 111 cm³/mol. The van der Waals surface area contributed by atoms with Gasteiger partial charge < -0.3 is 9.64 Å². The minimum Gasteiger partial charge on any atom is -0.465 e. The van der Waals surface area contributed by atoms with Crippen molar-refractivity contribution in [3.05, 3.63) is 40.7 Å². The number of carbonyl (C=O) groups is 3. The quantitative estimate of drug-likeness (QED) is 0.679. The molecule has 9 nitrogen and oxygen atoms in total. The summed E-state index contributed by atoms with van der Waals surface area (Å²) in [4.78, 5) is 48.8. The van der Waals surface area contributed by atoms with Crippen molar-refractivity contribution in [1.82, 2.24) is 14.7 Å². The number of allylic oxidation sites excluding steroid dienone is 2. The van der Waals surface area contributed by atoms with Gasteiger partial charge in [0.25, 0.3) is 5.91 Å². The largest absolute Gasteiger partial charge is 0.465 e. The topological polar surface area (TPSA) is 85.8 Å². The molecule has 0 bridgehead atoms. The van der Waals surface area contributed by atoms with Crippen LogP contribution in [0.2, 0.25) is 5.02 Å². The van der Waals surface area contributed by atoms with Crippen LogP contribution in [0.3, 0.4) is 0 Å². The third kappa shape index (κ3) is 2.84. The van der Waals surface area contributed by atoms with Gasteiger partial charge >= 0.3 is 12.0 Å². The molecule has 0 saturated carbocycles. The molecule has 2 atom stereocenters. The Morgan fingerprint density at radius 3 is 2.57 bits per heavy atom. The summed E-state index contributed by atoms with van der Waals surface area (Å²) >= 11 is 6.42. The average Bonchev–Trinajstić information content (AvgIpc) is 3.21. The van der Waals surface area contributed by atoms with E-state index in [0.717, 1.165) is 22.0 Å². The molecule has 3 aliphatic rings. The normalized spacial score (nSPS) is 23.2. The number of carbonyl (C=O) groups excluding carboxylic acids is 3. The molecule has 1 aromatic carbocycles. The molecule has 0 spiro atoms. The number of para-hydroxylation sites is 1. The molecule has 30 heavy (non-hydrogen) atoms. The standard InChI is InChI=1S/C20H22ClN5O4/c1-5-30-15(27)10-24-18(28)16-17(23(4)20(24)29)22-19-25(11(2)12(3)26(16)19)14-9-7-6-8-13(14)21/h6-9,16-17H,5,10H2,1-4H3. The van der Waals surface area contributed by atoms with E-state index in [-0.39, 0.29) is 6.61 Å². The van der Waals surface area contributed by atoms with E-state index in [1.165, 1.54) is 4.90 Å². The van der Waals surface area contributed by atoms with Crippen molar-refractivity contribution in [2.75, 3.05) is 25.1 Å². The van der Waals surface area contributed by atoms with Gasteiger partial charge in [0.05, 0.1) is 17.3 Å². The van der Waals surface area contributed by atoms with Crippen LogP contribution in [0.1, 0.15) is 20.8 Å². The fraction of sp³-hybridized carbons (Fsp3) is 0.400. The Kier molecular flexibility index (Phi) is 4.93. The SMILES string of the molecule is CCOC(=O)CN1C(=O)C2C(N=C3N(c4ccccc4Cl)C(C)=C(C)N32)N(C)C1=O. The van der Waals surface area contributed by atoms with Gasteiger partial charge in [-0.2, -0.15) is 0 Å². The number of esters is 1. The number of urea groups is 1. The van der Waals surface area contributed by atoms with Gasteiger partial charge in [-0.05, 0) is 32.9 Å². The lowest BCUT2D eigenvalue weighted by molar-refractivity contribution is -0.150. The molecule has 1 saturated heterocycles. The highest BCUT2D eigenvalue weighted by atomic mass is 35.5. The van der Waals surface area contributed by atoms with Gasteiger partial charge in [-0.3, -0.25) is 24.3 Å². The van der Waals surface area contributed by atoms with Crippen LogP contribution in [0.25, 0.3) is 0 Å². The number of fused-ring (bicyclic) bond motifs is 3. The second kappa shape index (κ2) is 7.32.